The molecule has 0 unspecified atom stereocenters. The molecule has 1 rings (SSSR count). The highest BCUT2D eigenvalue weighted by atomic mass is 16.4. The van der Waals surface area contributed by atoms with Crippen LogP contribution in [0, 0.1) is 0 Å². The molecule has 4 heteroatoms. The van der Waals surface area contributed by atoms with Crippen LogP contribution in [0.4, 0.5) is 0 Å². The minimum atomic E-state index is -0.979. The van der Waals surface area contributed by atoms with Crippen molar-refractivity contribution in [3.8, 4) is 0 Å². The molecule has 0 aliphatic rings. The van der Waals surface area contributed by atoms with Crippen molar-refractivity contribution < 1.29 is 14.7 Å². The molecule has 1 aromatic rings. The summed E-state index contributed by atoms with van der Waals surface area (Å²) in [5.41, 5.74) is 2.12. The normalized spacial score (nSPS) is 10.1. The molecule has 0 aliphatic heterocycles. The van der Waals surface area contributed by atoms with Gasteiger partial charge < -0.3 is 10.0 Å². The van der Waals surface area contributed by atoms with Gasteiger partial charge in [0, 0.05) is 6.54 Å². The lowest BCUT2D eigenvalue weighted by molar-refractivity contribution is -0.144. The Bertz CT molecular complexity index is 429. The third-order valence-electron chi connectivity index (χ3n) is 2.82. The number of likely N-dealkylation sites (N-methyl/N-ethyl adjacent to an activating group) is 1. The first-order valence-corrected chi connectivity index (χ1v) is 6.14. The number of carboxylic acids is 1. The maximum absolute atomic E-state index is 11.9. The number of carbonyl (C=O) groups excluding carboxylic acids is 1. The highest BCUT2D eigenvalue weighted by Gasteiger charge is 2.15. The number of benzene rings is 1. The largest absolute Gasteiger partial charge is 0.480 e. The molecule has 1 aromatic carbocycles. The molecule has 0 radical (unpaired) electrons. The Morgan fingerprint density at radius 1 is 1.22 bits per heavy atom. The van der Waals surface area contributed by atoms with E-state index >= 15 is 0 Å². The van der Waals surface area contributed by atoms with Gasteiger partial charge >= 0.3 is 5.97 Å². The van der Waals surface area contributed by atoms with E-state index in [0.29, 0.717) is 6.54 Å². The minimum Gasteiger partial charge on any atom is -0.480 e. The zero-order valence-corrected chi connectivity index (χ0v) is 10.8. The summed E-state index contributed by atoms with van der Waals surface area (Å²) in [5.74, 6) is -1.12. The number of hydrogen-bond acceptors (Lipinski definition) is 2. The van der Waals surface area contributed by atoms with Crippen LogP contribution in [0.3, 0.4) is 0 Å². The van der Waals surface area contributed by atoms with Crippen LogP contribution in [0.2, 0.25) is 0 Å². The summed E-state index contributed by atoms with van der Waals surface area (Å²) in [4.78, 5) is 23.9. The second kappa shape index (κ2) is 6.79. The van der Waals surface area contributed by atoms with Crippen LogP contribution >= 0.6 is 0 Å². The van der Waals surface area contributed by atoms with Gasteiger partial charge in [0.15, 0.2) is 0 Å². The van der Waals surface area contributed by atoms with Crippen molar-refractivity contribution in [1.29, 1.82) is 0 Å². The standard InChI is InChI=1S/C14H19NO3/c1-3-11-6-5-7-12(8-11)9-13(16)15(4-2)10-14(17)18/h5-8H,3-4,9-10H2,1-2H3,(H,17,18). The van der Waals surface area contributed by atoms with Crippen LogP contribution in [-0.4, -0.2) is 35.0 Å². The highest BCUT2D eigenvalue weighted by Crippen LogP contribution is 2.08. The molecule has 1 amide bonds. The fraction of sp³-hybridized carbons (Fsp3) is 0.429. The minimum absolute atomic E-state index is 0.145. The van der Waals surface area contributed by atoms with E-state index in [4.69, 9.17) is 5.11 Å². The zero-order valence-electron chi connectivity index (χ0n) is 10.8. The molecule has 0 aliphatic carbocycles. The Balaban J connectivity index is 2.69. The second-order valence-electron chi connectivity index (χ2n) is 4.15. The lowest BCUT2D eigenvalue weighted by atomic mass is 10.1. The third kappa shape index (κ3) is 4.20. The van der Waals surface area contributed by atoms with Gasteiger partial charge in [-0.3, -0.25) is 9.59 Å². The number of amides is 1. The van der Waals surface area contributed by atoms with Crippen LogP contribution in [0.15, 0.2) is 24.3 Å². The van der Waals surface area contributed by atoms with E-state index < -0.39 is 5.97 Å². The molecule has 18 heavy (non-hydrogen) atoms. The predicted octanol–water partition coefficient (Wildman–Crippen LogP) is 1.72. The van der Waals surface area contributed by atoms with Crippen molar-refractivity contribution in [3.05, 3.63) is 35.4 Å². The van der Waals surface area contributed by atoms with Gasteiger partial charge in [-0.05, 0) is 24.5 Å². The van der Waals surface area contributed by atoms with Gasteiger partial charge in [0.05, 0.1) is 6.42 Å². The second-order valence-corrected chi connectivity index (χ2v) is 4.15. The molecule has 0 heterocycles. The average Bonchev–Trinajstić information content (AvgIpc) is 2.35. The monoisotopic (exact) mass is 249 g/mol. The molecule has 1 N–H and O–H groups in total. The van der Waals surface area contributed by atoms with E-state index in [9.17, 15) is 9.59 Å². The smallest absolute Gasteiger partial charge is 0.323 e. The van der Waals surface area contributed by atoms with Gasteiger partial charge in [-0.15, -0.1) is 0 Å². The average molecular weight is 249 g/mol. The maximum Gasteiger partial charge on any atom is 0.323 e. The van der Waals surface area contributed by atoms with E-state index in [2.05, 4.69) is 6.92 Å². The number of nitrogens with zero attached hydrogens (tertiary/aromatic N) is 1. The topological polar surface area (TPSA) is 57.6 Å². The number of carbonyl (C=O) groups is 2. The van der Waals surface area contributed by atoms with Crippen molar-refractivity contribution in [3.63, 3.8) is 0 Å². The van der Waals surface area contributed by atoms with Crippen LogP contribution < -0.4 is 0 Å². The summed E-state index contributed by atoms with van der Waals surface area (Å²) in [5, 5.41) is 8.72. The molecule has 4 nitrogen and oxygen atoms in total. The van der Waals surface area contributed by atoms with E-state index in [0.717, 1.165) is 12.0 Å². The van der Waals surface area contributed by atoms with Crippen molar-refractivity contribution in [2.45, 2.75) is 26.7 Å². The molecule has 0 saturated heterocycles. The van der Waals surface area contributed by atoms with Gasteiger partial charge in [0.2, 0.25) is 5.91 Å². The fourth-order valence-corrected chi connectivity index (χ4v) is 1.79. The maximum atomic E-state index is 11.9. The summed E-state index contributed by atoms with van der Waals surface area (Å²) >= 11 is 0. The number of carboxylic acid groups (broad SMARTS) is 1. The van der Waals surface area contributed by atoms with Gasteiger partial charge in [0.1, 0.15) is 6.54 Å². The quantitative estimate of drug-likeness (QED) is 0.835. The summed E-state index contributed by atoms with van der Waals surface area (Å²) in [7, 11) is 0. The first-order chi connectivity index (χ1) is 8.56. The molecular formula is C14H19NO3. The van der Waals surface area contributed by atoms with Crippen LogP contribution in [0.5, 0.6) is 0 Å². The lowest BCUT2D eigenvalue weighted by Crippen LogP contribution is -2.36. The van der Waals surface area contributed by atoms with Crippen LogP contribution in [0.25, 0.3) is 0 Å². The fourth-order valence-electron chi connectivity index (χ4n) is 1.79. The van der Waals surface area contributed by atoms with Gasteiger partial charge in [-0.25, -0.2) is 0 Å². The molecule has 0 fully saturated rings. The van der Waals surface area contributed by atoms with Gasteiger partial charge in [0.25, 0.3) is 0 Å². The Labute approximate surface area is 107 Å². The molecular weight excluding hydrogens is 230 g/mol. The number of aliphatic carboxylic acids is 1. The van der Waals surface area contributed by atoms with E-state index in [-0.39, 0.29) is 18.9 Å². The number of rotatable bonds is 6. The number of aryl methyl sites for hydroxylation is 1. The first kappa shape index (κ1) is 14.2. The van der Waals surface area contributed by atoms with Crippen molar-refractivity contribution in [1.82, 2.24) is 4.90 Å². The zero-order chi connectivity index (χ0) is 13.5. The molecule has 0 atom stereocenters. The number of hydrogen-bond donors (Lipinski definition) is 1. The SMILES string of the molecule is CCc1cccc(CC(=O)N(CC)CC(=O)O)c1. The Kier molecular flexibility index (Phi) is 5.36. The van der Waals surface area contributed by atoms with Gasteiger partial charge in [-0.1, -0.05) is 31.2 Å². The van der Waals surface area contributed by atoms with E-state index in [1.54, 1.807) is 6.92 Å². The lowest BCUT2D eigenvalue weighted by Gasteiger charge is -2.18. The molecule has 0 spiro atoms. The van der Waals surface area contributed by atoms with Crippen molar-refractivity contribution >= 4 is 11.9 Å². The van der Waals surface area contributed by atoms with Gasteiger partial charge in [-0.2, -0.15) is 0 Å². The Hall–Kier alpha value is -1.84. The summed E-state index contributed by atoms with van der Waals surface area (Å²) < 4.78 is 0. The summed E-state index contributed by atoms with van der Waals surface area (Å²) in [6.45, 7) is 4.02. The van der Waals surface area contributed by atoms with Crippen molar-refractivity contribution in [2.24, 2.45) is 0 Å². The van der Waals surface area contributed by atoms with Crippen molar-refractivity contribution in [2.75, 3.05) is 13.1 Å². The summed E-state index contributed by atoms with van der Waals surface area (Å²) in [6, 6.07) is 7.83. The van der Waals surface area contributed by atoms with E-state index in [1.807, 2.05) is 24.3 Å². The summed E-state index contributed by atoms with van der Waals surface area (Å²) in [6.07, 6.45) is 1.18. The van der Waals surface area contributed by atoms with Crippen LogP contribution in [-0.2, 0) is 22.4 Å². The van der Waals surface area contributed by atoms with Crippen LogP contribution in [0.1, 0.15) is 25.0 Å². The van der Waals surface area contributed by atoms with E-state index in [1.165, 1.54) is 10.5 Å². The molecule has 0 bridgehead atoms. The molecule has 0 aromatic heterocycles. The first-order valence-electron chi connectivity index (χ1n) is 6.14. The highest BCUT2D eigenvalue weighted by molar-refractivity contribution is 5.83. The predicted molar refractivity (Wildman–Crippen MR) is 69.4 cm³/mol. The Morgan fingerprint density at radius 3 is 2.44 bits per heavy atom. The third-order valence-corrected chi connectivity index (χ3v) is 2.82. The Morgan fingerprint density at radius 2 is 1.89 bits per heavy atom. The molecule has 98 valence electrons. The molecule has 0 saturated carbocycles.